The molecule has 0 amide bonds. The van der Waals surface area contributed by atoms with Gasteiger partial charge >= 0.3 is 0 Å². The average Bonchev–Trinajstić information content (AvgIpc) is 2.88. The summed E-state index contributed by atoms with van der Waals surface area (Å²) in [5.41, 5.74) is 0.701. The highest BCUT2D eigenvalue weighted by atomic mass is 32.1. The van der Waals surface area contributed by atoms with Gasteiger partial charge in [0.25, 0.3) is 0 Å². The summed E-state index contributed by atoms with van der Waals surface area (Å²) in [6, 6.07) is 0. The van der Waals surface area contributed by atoms with Crippen LogP contribution in [-0.2, 0) is 0 Å². The largest absolute Gasteiger partial charge is 0.355 e. The van der Waals surface area contributed by atoms with Crippen molar-refractivity contribution in [2.24, 2.45) is 0 Å². The quantitative estimate of drug-likeness (QED) is 0.782. The summed E-state index contributed by atoms with van der Waals surface area (Å²) >= 11 is 1.58. The predicted molar refractivity (Wildman–Crippen MR) is 73.8 cm³/mol. The number of thiazole rings is 1. The highest BCUT2D eigenvalue weighted by Gasteiger charge is 2.19. The first-order valence-corrected chi connectivity index (χ1v) is 7.44. The lowest BCUT2D eigenvalue weighted by molar-refractivity contribution is 0.111. The minimum absolute atomic E-state index is 0.701. The van der Waals surface area contributed by atoms with Crippen molar-refractivity contribution in [1.82, 2.24) is 9.38 Å². The Morgan fingerprint density at radius 2 is 1.89 bits per heavy atom. The molecule has 1 saturated heterocycles. The Labute approximate surface area is 110 Å². The highest BCUT2D eigenvalue weighted by Crippen LogP contribution is 2.25. The lowest BCUT2D eigenvalue weighted by Crippen LogP contribution is -2.28. The van der Waals surface area contributed by atoms with E-state index in [4.69, 9.17) is 0 Å². The monoisotopic (exact) mass is 263 g/mol. The number of hydrogen-bond acceptors (Lipinski definition) is 4. The normalized spacial score (nSPS) is 17.7. The molecule has 1 fully saturated rings. The van der Waals surface area contributed by atoms with Gasteiger partial charge in [0.15, 0.2) is 17.1 Å². The van der Waals surface area contributed by atoms with Gasteiger partial charge in [-0.25, -0.2) is 4.98 Å². The van der Waals surface area contributed by atoms with Crippen LogP contribution >= 0.6 is 11.3 Å². The Bertz CT molecular complexity index is 537. The molecule has 0 unspecified atom stereocenters. The number of anilines is 1. The van der Waals surface area contributed by atoms with Gasteiger partial charge in [0, 0.05) is 24.7 Å². The van der Waals surface area contributed by atoms with Gasteiger partial charge in [-0.1, -0.05) is 19.3 Å². The van der Waals surface area contributed by atoms with Gasteiger partial charge < -0.3 is 4.90 Å². The van der Waals surface area contributed by atoms with Crippen molar-refractivity contribution in [3.8, 4) is 0 Å². The van der Waals surface area contributed by atoms with Crippen LogP contribution in [0.1, 0.15) is 42.6 Å². The molecule has 2 aromatic heterocycles. The molecular weight excluding hydrogens is 246 g/mol. The maximum Gasteiger partial charge on any atom is 0.196 e. The van der Waals surface area contributed by atoms with Gasteiger partial charge in [-0.15, -0.1) is 11.3 Å². The van der Waals surface area contributed by atoms with Crippen LogP contribution in [0.25, 0.3) is 4.96 Å². The fourth-order valence-electron chi connectivity index (χ4n) is 2.59. The maximum atomic E-state index is 11.3. The zero-order chi connectivity index (χ0) is 12.4. The average molecular weight is 263 g/mol. The van der Waals surface area contributed by atoms with E-state index < -0.39 is 0 Å². The number of imidazole rings is 1. The van der Waals surface area contributed by atoms with Crippen LogP contribution in [0.15, 0.2) is 11.6 Å². The third-order valence-electron chi connectivity index (χ3n) is 3.55. The Morgan fingerprint density at radius 1 is 1.17 bits per heavy atom. The van der Waals surface area contributed by atoms with Crippen LogP contribution < -0.4 is 4.90 Å². The fraction of sp³-hybridized carbons (Fsp3) is 0.538. The van der Waals surface area contributed by atoms with Crippen LogP contribution in [-0.4, -0.2) is 28.8 Å². The molecule has 0 N–H and O–H groups in total. The lowest BCUT2D eigenvalue weighted by atomic mass is 10.1. The second kappa shape index (κ2) is 5.10. The SMILES string of the molecule is O=Cc1c(N2CCCCCCC2)nc2sccn12. The topological polar surface area (TPSA) is 37.6 Å². The number of nitrogens with zero attached hydrogens (tertiary/aromatic N) is 3. The first kappa shape index (κ1) is 11.7. The van der Waals surface area contributed by atoms with Crippen LogP contribution in [0, 0.1) is 0 Å². The molecule has 1 aliphatic rings. The van der Waals surface area contributed by atoms with Crippen molar-refractivity contribution >= 4 is 28.4 Å². The van der Waals surface area contributed by atoms with Crippen molar-refractivity contribution in [3.63, 3.8) is 0 Å². The molecule has 1 aliphatic heterocycles. The minimum atomic E-state index is 0.701. The van der Waals surface area contributed by atoms with Gasteiger partial charge in [-0.05, 0) is 12.8 Å². The van der Waals surface area contributed by atoms with Crippen LogP contribution in [0.4, 0.5) is 5.82 Å². The number of aromatic nitrogens is 2. The zero-order valence-corrected chi connectivity index (χ0v) is 11.2. The molecule has 0 radical (unpaired) electrons. The van der Waals surface area contributed by atoms with Crippen LogP contribution in [0.5, 0.6) is 0 Å². The van der Waals surface area contributed by atoms with E-state index in [2.05, 4.69) is 9.88 Å². The fourth-order valence-corrected chi connectivity index (χ4v) is 3.31. The number of rotatable bonds is 2. The first-order chi connectivity index (χ1) is 8.90. The van der Waals surface area contributed by atoms with Crippen molar-refractivity contribution in [1.29, 1.82) is 0 Å². The number of hydrogen-bond donors (Lipinski definition) is 0. The molecule has 18 heavy (non-hydrogen) atoms. The predicted octanol–water partition coefficient (Wildman–Crippen LogP) is 2.98. The van der Waals surface area contributed by atoms with E-state index in [9.17, 15) is 4.79 Å². The van der Waals surface area contributed by atoms with E-state index >= 15 is 0 Å². The third kappa shape index (κ3) is 2.03. The van der Waals surface area contributed by atoms with Gasteiger partial charge in [0.2, 0.25) is 0 Å². The summed E-state index contributed by atoms with van der Waals surface area (Å²) in [4.78, 5) is 19.1. The second-order valence-electron chi connectivity index (χ2n) is 4.75. The number of aldehydes is 1. The van der Waals surface area contributed by atoms with Gasteiger partial charge in [-0.2, -0.15) is 0 Å². The number of carbonyl (C=O) groups excluding carboxylic acids is 1. The Balaban J connectivity index is 1.95. The van der Waals surface area contributed by atoms with E-state index in [1.54, 1.807) is 11.3 Å². The Morgan fingerprint density at radius 3 is 2.61 bits per heavy atom. The molecule has 0 aromatic carbocycles. The molecule has 0 atom stereocenters. The molecule has 0 saturated carbocycles. The summed E-state index contributed by atoms with van der Waals surface area (Å²) in [5.74, 6) is 0.874. The molecule has 0 spiro atoms. The van der Waals surface area contributed by atoms with E-state index in [1.165, 1.54) is 32.1 Å². The van der Waals surface area contributed by atoms with E-state index in [-0.39, 0.29) is 0 Å². The van der Waals surface area contributed by atoms with E-state index in [1.807, 2.05) is 16.0 Å². The minimum Gasteiger partial charge on any atom is -0.355 e. The maximum absolute atomic E-state index is 11.3. The van der Waals surface area contributed by atoms with Crippen LogP contribution in [0.3, 0.4) is 0 Å². The third-order valence-corrected chi connectivity index (χ3v) is 4.30. The molecule has 2 aromatic rings. The molecule has 5 heteroatoms. The van der Waals surface area contributed by atoms with Gasteiger partial charge in [-0.3, -0.25) is 9.20 Å². The zero-order valence-electron chi connectivity index (χ0n) is 10.3. The smallest absolute Gasteiger partial charge is 0.196 e. The molecule has 96 valence electrons. The lowest BCUT2D eigenvalue weighted by Gasteiger charge is -2.25. The number of fused-ring (bicyclic) bond motifs is 1. The van der Waals surface area contributed by atoms with Crippen molar-refractivity contribution in [3.05, 3.63) is 17.3 Å². The molecule has 0 aliphatic carbocycles. The van der Waals surface area contributed by atoms with Crippen molar-refractivity contribution < 1.29 is 4.79 Å². The molecule has 3 heterocycles. The van der Waals surface area contributed by atoms with Gasteiger partial charge in [0.1, 0.15) is 5.69 Å². The summed E-state index contributed by atoms with van der Waals surface area (Å²) in [5, 5.41) is 1.96. The summed E-state index contributed by atoms with van der Waals surface area (Å²) < 4.78 is 1.89. The summed E-state index contributed by atoms with van der Waals surface area (Å²) in [6.45, 7) is 2.04. The molecule has 4 nitrogen and oxygen atoms in total. The molecule has 0 bridgehead atoms. The van der Waals surface area contributed by atoms with Gasteiger partial charge in [0.05, 0.1) is 0 Å². The summed E-state index contributed by atoms with van der Waals surface area (Å²) in [7, 11) is 0. The van der Waals surface area contributed by atoms with E-state index in [0.717, 1.165) is 30.2 Å². The highest BCUT2D eigenvalue weighted by molar-refractivity contribution is 7.15. The second-order valence-corrected chi connectivity index (χ2v) is 5.62. The van der Waals surface area contributed by atoms with E-state index in [0.29, 0.717) is 5.69 Å². The Hall–Kier alpha value is -1.36. The van der Waals surface area contributed by atoms with Crippen LogP contribution in [0.2, 0.25) is 0 Å². The Kier molecular flexibility index (Phi) is 3.32. The first-order valence-electron chi connectivity index (χ1n) is 6.56. The molecular formula is C13H17N3OS. The van der Waals surface area contributed by atoms with Crippen molar-refractivity contribution in [2.75, 3.05) is 18.0 Å². The summed E-state index contributed by atoms with van der Waals surface area (Å²) in [6.07, 6.45) is 9.16. The standard InChI is InChI=1S/C13H17N3OS/c17-10-11-12(14-13-16(11)8-9-18-13)15-6-4-2-1-3-5-7-15/h8-10H,1-7H2. The number of carbonyl (C=O) groups is 1. The van der Waals surface area contributed by atoms with Crippen molar-refractivity contribution in [2.45, 2.75) is 32.1 Å². The molecule has 3 rings (SSSR count).